The van der Waals surface area contributed by atoms with Crippen molar-refractivity contribution in [2.75, 3.05) is 39.5 Å². The normalized spacial score (nSPS) is 22.6. The number of nitrogens with one attached hydrogen (secondary N) is 3. The van der Waals surface area contributed by atoms with Crippen LogP contribution in [0.3, 0.4) is 0 Å². The fourth-order valence-electron chi connectivity index (χ4n) is 4.04. The second-order valence-corrected chi connectivity index (χ2v) is 10.3. The minimum atomic E-state index is -1.35. The van der Waals surface area contributed by atoms with Crippen molar-refractivity contribution >= 4 is 23.5 Å². The first-order valence-electron chi connectivity index (χ1n) is 14.2. The maximum atomic E-state index is 11.9. The van der Waals surface area contributed by atoms with Crippen molar-refractivity contribution in [2.45, 2.75) is 103 Å². The maximum absolute atomic E-state index is 11.9. The minimum Gasteiger partial charge on any atom is -0.394 e. The summed E-state index contributed by atoms with van der Waals surface area (Å²) in [6.07, 6.45) is -0.0598. The molecule has 5 atom stereocenters. The first-order valence-corrected chi connectivity index (χ1v) is 14.2. The average molecular weight is 576 g/mol. The number of Topliss-reactive ketones (excluding diaryl/α,β-unsaturated/α-hetero) is 1. The van der Waals surface area contributed by atoms with E-state index in [4.69, 9.17) is 14.2 Å². The van der Waals surface area contributed by atoms with Gasteiger partial charge >= 0.3 is 0 Å². The van der Waals surface area contributed by atoms with Crippen LogP contribution < -0.4 is 16.0 Å². The fraction of sp³-hybridized carbons (Fsp3) is 0.852. The predicted octanol–water partition coefficient (Wildman–Crippen LogP) is -0.458. The van der Waals surface area contributed by atoms with Gasteiger partial charge in [-0.15, -0.1) is 0 Å². The van der Waals surface area contributed by atoms with Crippen LogP contribution in [0.2, 0.25) is 0 Å². The lowest BCUT2D eigenvalue weighted by Gasteiger charge is -2.42. The maximum Gasteiger partial charge on any atom is 0.222 e. The highest BCUT2D eigenvalue weighted by Crippen LogP contribution is 2.22. The molecule has 13 nitrogen and oxygen atoms in total. The first-order chi connectivity index (χ1) is 19.1. The van der Waals surface area contributed by atoms with Crippen molar-refractivity contribution < 1.29 is 48.7 Å². The van der Waals surface area contributed by atoms with Gasteiger partial charge < -0.3 is 45.5 Å². The molecule has 0 spiro atoms. The molecular formula is C27H49N3O10. The minimum absolute atomic E-state index is 0.00882. The number of hydrogen-bond acceptors (Lipinski definition) is 10. The molecule has 0 radical (unpaired) electrons. The molecule has 13 heteroatoms. The molecule has 1 rings (SSSR count). The van der Waals surface area contributed by atoms with Gasteiger partial charge in [0, 0.05) is 51.8 Å². The van der Waals surface area contributed by atoms with Gasteiger partial charge in [-0.05, 0) is 19.3 Å². The molecule has 0 bridgehead atoms. The molecule has 1 saturated heterocycles. The fourth-order valence-corrected chi connectivity index (χ4v) is 4.04. The van der Waals surface area contributed by atoms with E-state index < -0.39 is 43.2 Å². The number of hydrogen-bond donors (Lipinski definition) is 6. The summed E-state index contributed by atoms with van der Waals surface area (Å²) in [6, 6.07) is -0.953. The van der Waals surface area contributed by atoms with Gasteiger partial charge in [0.1, 0.15) is 30.1 Å². The highest BCUT2D eigenvalue weighted by atomic mass is 16.7. The summed E-state index contributed by atoms with van der Waals surface area (Å²) in [5.74, 6) is -0.483. The Morgan fingerprint density at radius 2 is 1.50 bits per heavy atom. The molecule has 1 heterocycles. The number of rotatable bonds is 21. The number of carbonyl (C=O) groups excluding carboxylic acids is 4. The quantitative estimate of drug-likeness (QED) is 0.0976. The molecule has 0 aromatic heterocycles. The van der Waals surface area contributed by atoms with Gasteiger partial charge in [-0.2, -0.15) is 0 Å². The molecule has 6 N–H and O–H groups in total. The van der Waals surface area contributed by atoms with E-state index >= 15 is 0 Å². The van der Waals surface area contributed by atoms with Crippen molar-refractivity contribution in [3.05, 3.63) is 0 Å². The number of ketones is 1. The monoisotopic (exact) mass is 575 g/mol. The van der Waals surface area contributed by atoms with Gasteiger partial charge in [-0.25, -0.2) is 0 Å². The third-order valence-electron chi connectivity index (χ3n) is 6.44. The largest absolute Gasteiger partial charge is 0.394 e. The Hall–Kier alpha value is -2.16. The summed E-state index contributed by atoms with van der Waals surface area (Å²) < 4.78 is 16.6. The molecule has 0 aromatic rings. The lowest BCUT2D eigenvalue weighted by Crippen LogP contribution is -2.64. The Labute approximate surface area is 236 Å². The van der Waals surface area contributed by atoms with Crippen LogP contribution in [0, 0.1) is 5.92 Å². The average Bonchev–Trinajstić information content (AvgIpc) is 2.90. The Morgan fingerprint density at radius 1 is 0.825 bits per heavy atom. The molecule has 1 fully saturated rings. The van der Waals surface area contributed by atoms with Crippen LogP contribution in [0.5, 0.6) is 0 Å². The van der Waals surface area contributed by atoms with E-state index in [9.17, 15) is 34.5 Å². The smallest absolute Gasteiger partial charge is 0.222 e. The molecule has 3 amide bonds. The number of unbranched alkanes of at least 4 members (excludes halogenated alkanes) is 3. The molecule has 0 aliphatic carbocycles. The van der Waals surface area contributed by atoms with Crippen LogP contribution in [0.4, 0.5) is 0 Å². The molecule has 0 saturated carbocycles. The van der Waals surface area contributed by atoms with E-state index in [0.717, 1.165) is 19.3 Å². The van der Waals surface area contributed by atoms with Crippen LogP contribution in [-0.4, -0.2) is 109 Å². The Balaban J connectivity index is 2.03. The van der Waals surface area contributed by atoms with E-state index in [0.29, 0.717) is 52.0 Å². The van der Waals surface area contributed by atoms with Gasteiger partial charge in [0.15, 0.2) is 6.29 Å². The number of amides is 3. The summed E-state index contributed by atoms with van der Waals surface area (Å²) in [5.41, 5.74) is 0. The second kappa shape index (κ2) is 20.7. The summed E-state index contributed by atoms with van der Waals surface area (Å²) in [5, 5.41) is 37.7. The van der Waals surface area contributed by atoms with Crippen molar-refractivity contribution in [1.82, 2.24) is 16.0 Å². The van der Waals surface area contributed by atoms with Crippen molar-refractivity contribution in [2.24, 2.45) is 5.92 Å². The molecule has 0 aromatic carbocycles. The van der Waals surface area contributed by atoms with Gasteiger partial charge in [0.2, 0.25) is 17.7 Å². The van der Waals surface area contributed by atoms with E-state index in [1.807, 2.05) is 13.8 Å². The van der Waals surface area contributed by atoms with Crippen LogP contribution in [0.25, 0.3) is 0 Å². The van der Waals surface area contributed by atoms with Crippen LogP contribution in [0.1, 0.15) is 72.1 Å². The Bertz CT molecular complexity index is 767. The molecule has 5 unspecified atom stereocenters. The van der Waals surface area contributed by atoms with Crippen LogP contribution >= 0.6 is 0 Å². The van der Waals surface area contributed by atoms with E-state index in [2.05, 4.69) is 16.0 Å². The third kappa shape index (κ3) is 15.0. The number of aliphatic hydroxyl groups excluding tert-OH is 3. The van der Waals surface area contributed by atoms with Gasteiger partial charge in [-0.1, -0.05) is 26.7 Å². The van der Waals surface area contributed by atoms with Gasteiger partial charge in [0.25, 0.3) is 0 Å². The lowest BCUT2D eigenvalue weighted by atomic mass is 9.97. The Kier molecular flexibility index (Phi) is 18.5. The highest BCUT2D eigenvalue weighted by molar-refractivity contribution is 5.81. The summed E-state index contributed by atoms with van der Waals surface area (Å²) in [6.45, 7) is 6.23. The number of aliphatic hydroxyl groups is 3. The zero-order chi connectivity index (χ0) is 29.9. The van der Waals surface area contributed by atoms with Crippen LogP contribution in [0.15, 0.2) is 0 Å². The van der Waals surface area contributed by atoms with Gasteiger partial charge in [0.05, 0.1) is 19.8 Å². The first kappa shape index (κ1) is 35.9. The van der Waals surface area contributed by atoms with Gasteiger partial charge in [-0.3, -0.25) is 19.2 Å². The second-order valence-electron chi connectivity index (χ2n) is 10.3. The predicted molar refractivity (Wildman–Crippen MR) is 145 cm³/mol. The van der Waals surface area contributed by atoms with E-state index in [1.165, 1.54) is 6.92 Å². The number of ether oxygens (including phenoxy) is 3. The topological polar surface area (TPSA) is 193 Å². The zero-order valence-electron chi connectivity index (χ0n) is 24.1. The zero-order valence-corrected chi connectivity index (χ0v) is 24.1. The SMILES string of the molecule is CC(=O)NC1C(OCCCCCCNC(=O)CCOCCNC(=O)CCCC(=O)C(C)C)OC(CO)C(O)C1O. The van der Waals surface area contributed by atoms with Crippen molar-refractivity contribution in [3.63, 3.8) is 0 Å². The third-order valence-corrected chi connectivity index (χ3v) is 6.44. The van der Waals surface area contributed by atoms with Crippen molar-refractivity contribution in [1.29, 1.82) is 0 Å². The van der Waals surface area contributed by atoms with E-state index in [1.54, 1.807) is 0 Å². The summed E-state index contributed by atoms with van der Waals surface area (Å²) in [4.78, 5) is 46.6. The Morgan fingerprint density at radius 3 is 2.17 bits per heavy atom. The molecule has 1 aliphatic rings. The lowest BCUT2D eigenvalue weighted by molar-refractivity contribution is -0.270. The van der Waals surface area contributed by atoms with E-state index in [-0.39, 0.29) is 36.5 Å². The number of carbonyl (C=O) groups is 4. The molecule has 1 aliphatic heterocycles. The summed E-state index contributed by atoms with van der Waals surface area (Å²) >= 11 is 0. The standard InChI is InChI=1S/C27H49N3O10/c1-18(2)20(33)9-8-10-22(34)29-13-16-38-15-11-23(35)28-12-6-4-5-7-14-39-27-24(30-19(3)32)26(37)25(36)21(17-31)40-27/h18,21,24-27,31,36-37H,4-17H2,1-3H3,(H,28,35)(H,29,34)(H,30,32). The van der Waals surface area contributed by atoms with Crippen LogP contribution in [-0.2, 0) is 33.4 Å². The summed E-state index contributed by atoms with van der Waals surface area (Å²) in [7, 11) is 0. The van der Waals surface area contributed by atoms with Crippen molar-refractivity contribution in [3.8, 4) is 0 Å². The molecular weight excluding hydrogens is 526 g/mol. The highest BCUT2D eigenvalue weighted by Gasteiger charge is 2.45. The molecule has 40 heavy (non-hydrogen) atoms. The molecule has 232 valence electrons.